The number of nitrogens with one attached hydrogen (secondary N) is 2. The Morgan fingerprint density at radius 1 is 1.23 bits per heavy atom. The van der Waals surface area contributed by atoms with E-state index in [0.29, 0.717) is 17.9 Å². The summed E-state index contributed by atoms with van der Waals surface area (Å²) in [5, 5.41) is 6.42. The molecule has 1 atom stereocenters. The van der Waals surface area contributed by atoms with E-state index >= 15 is 0 Å². The van der Waals surface area contributed by atoms with E-state index in [0.717, 1.165) is 32.4 Å². The lowest BCUT2D eigenvalue weighted by atomic mass is 9.84. The summed E-state index contributed by atoms with van der Waals surface area (Å²) in [6, 6.07) is 0.391. The van der Waals surface area contributed by atoms with Gasteiger partial charge in [0.25, 0.3) is 0 Å². The zero-order chi connectivity index (χ0) is 9.10. The Bertz CT molecular complexity index is 183. The summed E-state index contributed by atoms with van der Waals surface area (Å²) in [5.41, 5.74) is 0. The molecule has 0 bridgehead atoms. The van der Waals surface area contributed by atoms with Gasteiger partial charge in [-0.3, -0.25) is 4.79 Å². The molecule has 1 saturated heterocycles. The summed E-state index contributed by atoms with van der Waals surface area (Å²) in [5.74, 6) is 0.627. The van der Waals surface area contributed by atoms with E-state index in [9.17, 15) is 4.79 Å². The van der Waals surface area contributed by atoms with Crippen molar-refractivity contribution in [1.82, 2.24) is 10.6 Å². The second kappa shape index (κ2) is 4.09. The monoisotopic (exact) mass is 182 g/mol. The molecular formula is C10H18N2O. The van der Waals surface area contributed by atoms with E-state index in [4.69, 9.17) is 0 Å². The molecular weight excluding hydrogens is 164 g/mol. The molecule has 3 heteroatoms. The van der Waals surface area contributed by atoms with Crippen LogP contribution in [0.3, 0.4) is 0 Å². The summed E-state index contributed by atoms with van der Waals surface area (Å²) in [4.78, 5) is 11.6. The molecule has 1 aliphatic heterocycles. The van der Waals surface area contributed by atoms with Crippen LogP contribution in [0.2, 0.25) is 0 Å². The van der Waals surface area contributed by atoms with Crippen molar-refractivity contribution in [2.24, 2.45) is 5.92 Å². The average Bonchev–Trinajstić information content (AvgIpc) is 2.02. The second-order valence-electron chi connectivity index (χ2n) is 4.18. The van der Waals surface area contributed by atoms with E-state index < -0.39 is 0 Å². The highest BCUT2D eigenvalue weighted by atomic mass is 16.2. The van der Waals surface area contributed by atoms with Gasteiger partial charge >= 0.3 is 0 Å². The number of carbonyl (C=O) groups excluding carboxylic acids is 1. The minimum absolute atomic E-state index is 0.292. The topological polar surface area (TPSA) is 41.1 Å². The highest BCUT2D eigenvalue weighted by Gasteiger charge is 2.27. The van der Waals surface area contributed by atoms with Gasteiger partial charge in [-0.1, -0.05) is 6.42 Å². The third-order valence-corrected chi connectivity index (χ3v) is 3.12. The number of amides is 1. The molecule has 2 fully saturated rings. The Kier molecular flexibility index (Phi) is 2.83. The van der Waals surface area contributed by atoms with Crippen LogP contribution in [0.25, 0.3) is 0 Å². The molecule has 2 rings (SSSR count). The SMILES string of the molecule is O=C(NC1CCCNC1)C1CCC1. The molecule has 0 spiro atoms. The van der Waals surface area contributed by atoms with Crippen molar-refractivity contribution in [3.63, 3.8) is 0 Å². The first kappa shape index (κ1) is 9.00. The van der Waals surface area contributed by atoms with Crippen LogP contribution >= 0.6 is 0 Å². The molecule has 1 aliphatic carbocycles. The Morgan fingerprint density at radius 3 is 2.62 bits per heavy atom. The van der Waals surface area contributed by atoms with Crippen molar-refractivity contribution in [2.75, 3.05) is 13.1 Å². The minimum Gasteiger partial charge on any atom is -0.352 e. The number of rotatable bonds is 2. The van der Waals surface area contributed by atoms with Crippen LogP contribution in [-0.4, -0.2) is 25.0 Å². The molecule has 13 heavy (non-hydrogen) atoms. The standard InChI is InChI=1S/C10H18N2O/c13-10(8-3-1-4-8)12-9-5-2-6-11-7-9/h8-9,11H,1-7H2,(H,12,13). The van der Waals surface area contributed by atoms with E-state index in [-0.39, 0.29) is 0 Å². The lowest BCUT2D eigenvalue weighted by Gasteiger charge is -2.29. The van der Waals surface area contributed by atoms with Crippen LogP contribution in [0.4, 0.5) is 0 Å². The Morgan fingerprint density at radius 2 is 2.08 bits per heavy atom. The van der Waals surface area contributed by atoms with Crippen molar-refractivity contribution >= 4 is 5.91 Å². The normalized spacial score (nSPS) is 29.4. The van der Waals surface area contributed by atoms with Gasteiger partial charge < -0.3 is 10.6 Å². The first-order valence-electron chi connectivity index (χ1n) is 5.37. The molecule has 1 heterocycles. The fraction of sp³-hybridized carbons (Fsp3) is 0.900. The van der Waals surface area contributed by atoms with Crippen LogP contribution in [0.15, 0.2) is 0 Å². The van der Waals surface area contributed by atoms with Gasteiger partial charge in [-0.15, -0.1) is 0 Å². The van der Waals surface area contributed by atoms with Crippen LogP contribution < -0.4 is 10.6 Å². The number of carbonyl (C=O) groups is 1. The first-order chi connectivity index (χ1) is 6.36. The minimum atomic E-state index is 0.292. The van der Waals surface area contributed by atoms with E-state index in [1.54, 1.807) is 0 Å². The largest absolute Gasteiger partial charge is 0.352 e. The van der Waals surface area contributed by atoms with Gasteiger partial charge in [0.15, 0.2) is 0 Å². The molecule has 1 unspecified atom stereocenters. The van der Waals surface area contributed by atoms with Gasteiger partial charge in [0, 0.05) is 18.5 Å². The van der Waals surface area contributed by atoms with Crippen molar-refractivity contribution in [1.29, 1.82) is 0 Å². The van der Waals surface area contributed by atoms with Gasteiger partial charge in [-0.2, -0.15) is 0 Å². The number of hydrogen-bond acceptors (Lipinski definition) is 2. The average molecular weight is 182 g/mol. The molecule has 0 radical (unpaired) electrons. The summed E-state index contributed by atoms with van der Waals surface area (Å²) in [6.07, 6.45) is 5.78. The van der Waals surface area contributed by atoms with Gasteiger partial charge in [-0.05, 0) is 32.2 Å². The maximum atomic E-state index is 11.6. The molecule has 1 saturated carbocycles. The van der Waals surface area contributed by atoms with Crippen LogP contribution in [0.1, 0.15) is 32.1 Å². The molecule has 1 amide bonds. The smallest absolute Gasteiger partial charge is 0.223 e. The quantitative estimate of drug-likeness (QED) is 0.658. The fourth-order valence-electron chi connectivity index (χ4n) is 1.96. The Hall–Kier alpha value is -0.570. The van der Waals surface area contributed by atoms with Gasteiger partial charge in [0.2, 0.25) is 5.91 Å². The predicted molar refractivity (Wildman–Crippen MR) is 51.4 cm³/mol. The third-order valence-electron chi connectivity index (χ3n) is 3.12. The van der Waals surface area contributed by atoms with Gasteiger partial charge in [-0.25, -0.2) is 0 Å². The number of hydrogen-bond donors (Lipinski definition) is 2. The first-order valence-corrected chi connectivity index (χ1v) is 5.37. The zero-order valence-electron chi connectivity index (χ0n) is 8.01. The maximum absolute atomic E-state index is 11.6. The summed E-state index contributed by atoms with van der Waals surface area (Å²) < 4.78 is 0. The molecule has 0 aromatic rings. The third kappa shape index (κ3) is 2.21. The van der Waals surface area contributed by atoms with E-state index in [2.05, 4.69) is 10.6 Å². The molecule has 0 aromatic heterocycles. The molecule has 74 valence electrons. The van der Waals surface area contributed by atoms with E-state index in [1.807, 2.05) is 0 Å². The Labute approximate surface area is 79.3 Å². The van der Waals surface area contributed by atoms with Crippen molar-refractivity contribution in [3.8, 4) is 0 Å². The Balaban J connectivity index is 1.72. The van der Waals surface area contributed by atoms with Crippen molar-refractivity contribution in [3.05, 3.63) is 0 Å². The molecule has 0 aromatic carbocycles. The summed E-state index contributed by atoms with van der Waals surface area (Å²) in [6.45, 7) is 2.06. The van der Waals surface area contributed by atoms with Crippen LogP contribution in [0, 0.1) is 5.92 Å². The number of piperidine rings is 1. The van der Waals surface area contributed by atoms with Gasteiger partial charge in [0.05, 0.1) is 0 Å². The molecule has 2 N–H and O–H groups in total. The summed E-state index contributed by atoms with van der Waals surface area (Å²) in [7, 11) is 0. The predicted octanol–water partition coefficient (Wildman–Crippen LogP) is 0.655. The lowest BCUT2D eigenvalue weighted by molar-refractivity contribution is -0.128. The molecule has 3 nitrogen and oxygen atoms in total. The van der Waals surface area contributed by atoms with Crippen LogP contribution in [-0.2, 0) is 4.79 Å². The highest BCUT2D eigenvalue weighted by molar-refractivity contribution is 5.79. The maximum Gasteiger partial charge on any atom is 0.223 e. The highest BCUT2D eigenvalue weighted by Crippen LogP contribution is 2.26. The molecule has 2 aliphatic rings. The van der Waals surface area contributed by atoms with Crippen molar-refractivity contribution in [2.45, 2.75) is 38.1 Å². The van der Waals surface area contributed by atoms with Gasteiger partial charge in [0.1, 0.15) is 0 Å². The van der Waals surface area contributed by atoms with Crippen molar-refractivity contribution < 1.29 is 4.79 Å². The zero-order valence-corrected chi connectivity index (χ0v) is 8.01. The second-order valence-corrected chi connectivity index (χ2v) is 4.18. The lowest BCUT2D eigenvalue weighted by Crippen LogP contribution is -2.48. The van der Waals surface area contributed by atoms with E-state index in [1.165, 1.54) is 12.8 Å². The summed E-state index contributed by atoms with van der Waals surface area (Å²) >= 11 is 0. The van der Waals surface area contributed by atoms with Crippen LogP contribution in [0.5, 0.6) is 0 Å². The fourth-order valence-corrected chi connectivity index (χ4v) is 1.96.